The van der Waals surface area contributed by atoms with Crippen LogP contribution in [0, 0.1) is 12.8 Å². The Morgan fingerprint density at radius 1 is 1.23 bits per heavy atom. The molecule has 0 fully saturated rings. The SMILES string of the molecule is COCc1ccc2c(c1)c(OC(C)(C)C(=O)Nc1cc(C)nn1C)nn2CCC(C)C. The molecule has 0 unspecified atom stereocenters. The van der Waals surface area contributed by atoms with Gasteiger partial charge in [-0.05, 0) is 50.8 Å². The highest BCUT2D eigenvalue weighted by molar-refractivity contribution is 5.97. The minimum Gasteiger partial charge on any atom is -0.460 e. The number of amides is 1. The smallest absolute Gasteiger partial charge is 0.269 e. The fourth-order valence-electron chi connectivity index (χ4n) is 3.36. The Morgan fingerprint density at radius 2 is 1.97 bits per heavy atom. The van der Waals surface area contributed by atoms with Gasteiger partial charge in [0.2, 0.25) is 5.88 Å². The van der Waals surface area contributed by atoms with E-state index in [2.05, 4.69) is 24.3 Å². The number of hydrogen-bond acceptors (Lipinski definition) is 5. The van der Waals surface area contributed by atoms with Crippen molar-refractivity contribution in [2.45, 2.75) is 59.8 Å². The number of carbonyl (C=O) groups excluding carboxylic acids is 1. The summed E-state index contributed by atoms with van der Waals surface area (Å²) in [6.07, 6.45) is 1.000. The van der Waals surface area contributed by atoms with Crippen molar-refractivity contribution in [3.8, 4) is 5.88 Å². The standard InChI is InChI=1S/C23H33N5O3/c1-15(2)10-11-28-19-9-8-17(14-30-7)13-18(19)21(26-28)31-23(4,5)22(29)24-20-12-16(3)25-27(20)6/h8-9,12-13,15H,10-11,14H2,1-7H3,(H,24,29). The van der Waals surface area contributed by atoms with E-state index in [1.54, 1.807) is 32.7 Å². The fraction of sp³-hybridized carbons (Fsp3) is 0.522. The van der Waals surface area contributed by atoms with Gasteiger partial charge in [0.1, 0.15) is 5.82 Å². The largest absolute Gasteiger partial charge is 0.460 e. The van der Waals surface area contributed by atoms with E-state index >= 15 is 0 Å². The Labute approximate surface area is 183 Å². The van der Waals surface area contributed by atoms with Gasteiger partial charge in [-0.2, -0.15) is 5.10 Å². The van der Waals surface area contributed by atoms with Gasteiger partial charge in [-0.3, -0.25) is 14.2 Å². The molecule has 0 saturated carbocycles. The van der Waals surface area contributed by atoms with E-state index in [1.165, 1.54) is 0 Å². The van der Waals surface area contributed by atoms with Gasteiger partial charge >= 0.3 is 0 Å². The topological polar surface area (TPSA) is 83.2 Å². The number of nitrogens with one attached hydrogen (secondary N) is 1. The Kier molecular flexibility index (Phi) is 6.69. The predicted molar refractivity (Wildman–Crippen MR) is 121 cm³/mol. The van der Waals surface area contributed by atoms with Gasteiger partial charge in [-0.25, -0.2) is 0 Å². The van der Waals surface area contributed by atoms with Crippen molar-refractivity contribution in [2.75, 3.05) is 12.4 Å². The molecule has 0 saturated heterocycles. The van der Waals surface area contributed by atoms with E-state index in [9.17, 15) is 4.79 Å². The number of hydrogen-bond donors (Lipinski definition) is 1. The molecule has 0 spiro atoms. The lowest BCUT2D eigenvalue weighted by Crippen LogP contribution is -2.43. The molecule has 2 aromatic heterocycles. The highest BCUT2D eigenvalue weighted by Crippen LogP contribution is 2.30. The van der Waals surface area contributed by atoms with Crippen molar-refractivity contribution in [2.24, 2.45) is 13.0 Å². The van der Waals surface area contributed by atoms with Crippen LogP contribution in [0.15, 0.2) is 24.3 Å². The lowest BCUT2D eigenvalue weighted by atomic mass is 10.1. The first-order valence-corrected chi connectivity index (χ1v) is 10.6. The van der Waals surface area contributed by atoms with Crippen molar-refractivity contribution in [1.82, 2.24) is 19.6 Å². The summed E-state index contributed by atoms with van der Waals surface area (Å²) >= 11 is 0. The number of ether oxygens (including phenoxy) is 2. The zero-order chi connectivity index (χ0) is 22.8. The van der Waals surface area contributed by atoms with Crippen LogP contribution in [-0.2, 0) is 29.7 Å². The predicted octanol–water partition coefficient (Wildman–Crippen LogP) is 4.07. The number of rotatable bonds is 9. The Balaban J connectivity index is 1.91. The van der Waals surface area contributed by atoms with Crippen LogP contribution in [-0.4, -0.2) is 38.2 Å². The molecule has 0 bridgehead atoms. The third kappa shape index (κ3) is 5.25. The quantitative estimate of drug-likeness (QED) is 0.557. The van der Waals surface area contributed by atoms with Crippen LogP contribution in [0.3, 0.4) is 0 Å². The second kappa shape index (κ2) is 9.09. The molecule has 0 aliphatic heterocycles. The number of carbonyl (C=O) groups is 1. The van der Waals surface area contributed by atoms with Crippen molar-refractivity contribution >= 4 is 22.6 Å². The first-order valence-electron chi connectivity index (χ1n) is 10.6. The van der Waals surface area contributed by atoms with Crippen molar-refractivity contribution < 1.29 is 14.3 Å². The molecule has 0 atom stereocenters. The zero-order valence-corrected chi connectivity index (χ0v) is 19.5. The van der Waals surface area contributed by atoms with Gasteiger partial charge < -0.3 is 14.8 Å². The minimum atomic E-state index is -1.14. The Bertz CT molecular complexity index is 1060. The van der Waals surface area contributed by atoms with E-state index in [1.807, 2.05) is 35.9 Å². The van der Waals surface area contributed by atoms with Crippen LogP contribution in [0.2, 0.25) is 0 Å². The number of anilines is 1. The van der Waals surface area contributed by atoms with Gasteiger partial charge in [-0.15, -0.1) is 5.10 Å². The molecule has 31 heavy (non-hydrogen) atoms. The molecule has 0 aliphatic carbocycles. The highest BCUT2D eigenvalue weighted by atomic mass is 16.5. The molecule has 0 radical (unpaired) electrons. The van der Waals surface area contributed by atoms with Crippen LogP contribution in [0.1, 0.15) is 45.4 Å². The Morgan fingerprint density at radius 3 is 2.58 bits per heavy atom. The van der Waals surface area contributed by atoms with Crippen molar-refractivity contribution in [3.63, 3.8) is 0 Å². The third-order valence-corrected chi connectivity index (χ3v) is 5.15. The summed E-state index contributed by atoms with van der Waals surface area (Å²) in [4.78, 5) is 13.0. The number of aromatic nitrogens is 4. The molecule has 3 rings (SSSR count). The van der Waals surface area contributed by atoms with Gasteiger partial charge in [-0.1, -0.05) is 19.9 Å². The first kappa shape index (κ1) is 22.8. The molecule has 8 heteroatoms. The second-order valence-electron chi connectivity index (χ2n) is 8.86. The monoisotopic (exact) mass is 427 g/mol. The van der Waals surface area contributed by atoms with Gasteiger partial charge in [0.15, 0.2) is 5.60 Å². The van der Waals surface area contributed by atoms with Crippen LogP contribution < -0.4 is 10.1 Å². The summed E-state index contributed by atoms with van der Waals surface area (Å²) < 4.78 is 15.1. The molecule has 0 aliphatic rings. The van der Waals surface area contributed by atoms with Crippen molar-refractivity contribution in [3.05, 3.63) is 35.5 Å². The lowest BCUT2D eigenvalue weighted by molar-refractivity contribution is -0.128. The number of aryl methyl sites for hydroxylation is 3. The summed E-state index contributed by atoms with van der Waals surface area (Å²) in [5.74, 6) is 1.35. The number of methoxy groups -OCH3 is 1. The fourth-order valence-corrected chi connectivity index (χ4v) is 3.36. The molecular formula is C23H33N5O3. The highest BCUT2D eigenvalue weighted by Gasteiger charge is 2.32. The number of benzene rings is 1. The normalized spacial score (nSPS) is 12.0. The van der Waals surface area contributed by atoms with Crippen LogP contribution in [0.4, 0.5) is 5.82 Å². The van der Waals surface area contributed by atoms with Crippen molar-refractivity contribution in [1.29, 1.82) is 0 Å². The summed E-state index contributed by atoms with van der Waals surface area (Å²) in [6.45, 7) is 11.0. The van der Waals surface area contributed by atoms with E-state index in [4.69, 9.17) is 14.6 Å². The molecule has 3 aromatic rings. The molecular weight excluding hydrogens is 394 g/mol. The maximum absolute atomic E-state index is 13.0. The minimum absolute atomic E-state index is 0.270. The van der Waals surface area contributed by atoms with E-state index in [0.717, 1.165) is 35.1 Å². The average molecular weight is 428 g/mol. The van der Waals surface area contributed by atoms with Crippen LogP contribution in [0.5, 0.6) is 5.88 Å². The summed E-state index contributed by atoms with van der Waals surface area (Å²) in [6, 6.07) is 7.91. The number of nitrogens with zero attached hydrogens (tertiary/aromatic N) is 4. The van der Waals surface area contributed by atoms with E-state index < -0.39 is 5.60 Å². The zero-order valence-electron chi connectivity index (χ0n) is 19.5. The third-order valence-electron chi connectivity index (χ3n) is 5.15. The first-order chi connectivity index (χ1) is 14.6. The summed E-state index contributed by atoms with van der Waals surface area (Å²) in [5, 5.41) is 12.8. The maximum Gasteiger partial charge on any atom is 0.269 e. The van der Waals surface area contributed by atoms with Gasteiger partial charge in [0, 0.05) is 26.8 Å². The maximum atomic E-state index is 13.0. The Hall–Kier alpha value is -2.87. The molecule has 8 nitrogen and oxygen atoms in total. The average Bonchev–Trinajstić information content (AvgIpc) is 3.18. The molecule has 1 aromatic carbocycles. The van der Waals surface area contributed by atoms with E-state index in [0.29, 0.717) is 24.2 Å². The summed E-state index contributed by atoms with van der Waals surface area (Å²) in [7, 11) is 3.46. The molecule has 2 heterocycles. The van der Waals surface area contributed by atoms with Crippen LogP contribution >= 0.6 is 0 Å². The van der Waals surface area contributed by atoms with Gasteiger partial charge in [0.05, 0.1) is 23.2 Å². The summed E-state index contributed by atoms with van der Waals surface area (Å²) in [5.41, 5.74) is 1.70. The van der Waals surface area contributed by atoms with E-state index in [-0.39, 0.29) is 5.91 Å². The van der Waals surface area contributed by atoms with Gasteiger partial charge in [0.25, 0.3) is 5.91 Å². The number of fused-ring (bicyclic) bond motifs is 1. The molecule has 1 N–H and O–H groups in total. The van der Waals surface area contributed by atoms with Crippen LogP contribution in [0.25, 0.3) is 10.9 Å². The molecule has 168 valence electrons. The molecule has 1 amide bonds. The second-order valence-corrected chi connectivity index (χ2v) is 8.86. The lowest BCUT2D eigenvalue weighted by Gasteiger charge is -2.24.